The van der Waals surface area contributed by atoms with Gasteiger partial charge in [0.05, 0.1) is 11.6 Å². The molecule has 4 nitrogen and oxygen atoms in total. The molecule has 80 valence electrons. The van der Waals surface area contributed by atoms with Gasteiger partial charge in [-0.2, -0.15) is 5.26 Å². The van der Waals surface area contributed by atoms with E-state index in [0.29, 0.717) is 11.4 Å². The zero-order valence-corrected chi connectivity index (χ0v) is 8.94. The van der Waals surface area contributed by atoms with Crippen molar-refractivity contribution in [3.8, 4) is 6.07 Å². The van der Waals surface area contributed by atoms with Crippen molar-refractivity contribution in [2.24, 2.45) is 5.92 Å². The van der Waals surface area contributed by atoms with Crippen LogP contribution in [0.3, 0.4) is 0 Å². The second-order valence-electron chi connectivity index (χ2n) is 3.63. The lowest BCUT2D eigenvalue weighted by molar-refractivity contribution is 0.226. The number of rotatable bonds is 4. The van der Waals surface area contributed by atoms with E-state index in [1.165, 1.54) is 0 Å². The summed E-state index contributed by atoms with van der Waals surface area (Å²) in [4.78, 5) is 4.10. The Hall–Kier alpha value is -1.60. The maximum Gasteiger partial charge on any atom is 0.127 e. The number of pyridine rings is 1. The highest BCUT2D eigenvalue weighted by molar-refractivity contribution is 5.42. The number of nitrogens with zero attached hydrogens (tertiary/aromatic N) is 2. The Morgan fingerprint density at radius 2 is 2.33 bits per heavy atom. The molecule has 0 aliphatic heterocycles. The Labute approximate surface area is 89.6 Å². The average Bonchev–Trinajstić information content (AvgIpc) is 2.28. The third-order valence-electron chi connectivity index (χ3n) is 2.41. The quantitative estimate of drug-likeness (QED) is 0.779. The molecule has 0 saturated carbocycles. The summed E-state index contributed by atoms with van der Waals surface area (Å²) in [5.74, 6) is 0.819. The molecule has 0 radical (unpaired) electrons. The largest absolute Gasteiger partial charge is 0.396 e. The zero-order chi connectivity index (χ0) is 11.3. The third-order valence-corrected chi connectivity index (χ3v) is 2.41. The highest BCUT2D eigenvalue weighted by Gasteiger charge is 2.11. The van der Waals surface area contributed by atoms with Crippen molar-refractivity contribution in [3.05, 3.63) is 23.9 Å². The normalized spacial score (nSPS) is 14.0. The molecule has 0 saturated heterocycles. The van der Waals surface area contributed by atoms with E-state index in [2.05, 4.69) is 16.4 Å². The molecule has 2 N–H and O–H groups in total. The van der Waals surface area contributed by atoms with E-state index in [1.54, 1.807) is 18.3 Å². The van der Waals surface area contributed by atoms with Gasteiger partial charge < -0.3 is 10.4 Å². The fourth-order valence-corrected chi connectivity index (χ4v) is 1.11. The lowest BCUT2D eigenvalue weighted by atomic mass is 10.1. The van der Waals surface area contributed by atoms with Crippen molar-refractivity contribution >= 4 is 5.82 Å². The first kappa shape index (κ1) is 11.5. The van der Waals surface area contributed by atoms with Gasteiger partial charge in [0, 0.05) is 18.8 Å². The number of nitriles is 1. The predicted octanol–water partition coefficient (Wildman–Crippen LogP) is 1.38. The molecule has 1 aromatic rings. The van der Waals surface area contributed by atoms with E-state index in [9.17, 15) is 0 Å². The van der Waals surface area contributed by atoms with Crippen LogP contribution in [0.15, 0.2) is 18.3 Å². The van der Waals surface area contributed by atoms with Crippen molar-refractivity contribution in [3.63, 3.8) is 0 Å². The smallest absolute Gasteiger partial charge is 0.127 e. The van der Waals surface area contributed by atoms with Gasteiger partial charge in [0.25, 0.3) is 0 Å². The van der Waals surface area contributed by atoms with E-state index in [-0.39, 0.29) is 18.6 Å². The molecule has 0 bridgehead atoms. The lowest BCUT2D eigenvalue weighted by Gasteiger charge is -2.19. The lowest BCUT2D eigenvalue weighted by Crippen LogP contribution is -2.26. The first-order valence-corrected chi connectivity index (χ1v) is 4.91. The maximum absolute atomic E-state index is 8.97. The van der Waals surface area contributed by atoms with E-state index in [4.69, 9.17) is 10.4 Å². The molecule has 1 aromatic heterocycles. The SMILES string of the molecule is CC(CO)C(C)Nc1cc(C#N)ccn1. The minimum atomic E-state index is 0.122. The summed E-state index contributed by atoms with van der Waals surface area (Å²) >= 11 is 0. The minimum absolute atomic E-state index is 0.122. The van der Waals surface area contributed by atoms with Gasteiger partial charge in [-0.1, -0.05) is 6.92 Å². The Kier molecular flexibility index (Phi) is 4.07. The van der Waals surface area contributed by atoms with Crippen molar-refractivity contribution < 1.29 is 5.11 Å². The number of nitrogens with one attached hydrogen (secondary N) is 1. The second-order valence-corrected chi connectivity index (χ2v) is 3.63. The summed E-state index contributed by atoms with van der Waals surface area (Å²) in [7, 11) is 0. The average molecular weight is 205 g/mol. The summed E-state index contributed by atoms with van der Waals surface area (Å²) in [5, 5.41) is 20.8. The predicted molar refractivity (Wildman–Crippen MR) is 58.3 cm³/mol. The summed E-state index contributed by atoms with van der Waals surface area (Å²) in [5.41, 5.74) is 0.580. The van der Waals surface area contributed by atoms with Gasteiger partial charge in [-0.15, -0.1) is 0 Å². The Morgan fingerprint density at radius 3 is 2.93 bits per heavy atom. The van der Waals surface area contributed by atoms with Gasteiger partial charge in [0.15, 0.2) is 0 Å². The first-order valence-electron chi connectivity index (χ1n) is 4.91. The second kappa shape index (κ2) is 5.32. The molecular weight excluding hydrogens is 190 g/mol. The fraction of sp³-hybridized carbons (Fsp3) is 0.455. The number of aromatic nitrogens is 1. The molecule has 15 heavy (non-hydrogen) atoms. The Morgan fingerprint density at radius 1 is 1.60 bits per heavy atom. The Bertz CT molecular complexity index is 359. The van der Waals surface area contributed by atoms with Gasteiger partial charge >= 0.3 is 0 Å². The molecule has 0 aliphatic rings. The summed E-state index contributed by atoms with van der Waals surface area (Å²) in [6.07, 6.45) is 1.59. The molecule has 0 amide bonds. The van der Waals surface area contributed by atoms with Crippen LogP contribution in [-0.2, 0) is 0 Å². The first-order chi connectivity index (χ1) is 7.17. The van der Waals surface area contributed by atoms with Gasteiger partial charge in [-0.3, -0.25) is 0 Å². The summed E-state index contributed by atoms with van der Waals surface area (Å²) in [6, 6.07) is 5.53. The highest BCUT2D eigenvalue weighted by atomic mass is 16.3. The van der Waals surface area contributed by atoms with Crippen molar-refractivity contribution in [1.29, 1.82) is 5.26 Å². The third kappa shape index (κ3) is 3.22. The van der Waals surface area contributed by atoms with Crippen LogP contribution in [-0.4, -0.2) is 22.7 Å². The molecule has 0 spiro atoms. The molecule has 0 aliphatic carbocycles. The van der Waals surface area contributed by atoms with Crippen LogP contribution in [0.25, 0.3) is 0 Å². The number of hydrogen-bond acceptors (Lipinski definition) is 4. The maximum atomic E-state index is 8.97. The van der Waals surface area contributed by atoms with Crippen LogP contribution >= 0.6 is 0 Å². The molecule has 2 unspecified atom stereocenters. The van der Waals surface area contributed by atoms with Crippen molar-refractivity contribution in [2.75, 3.05) is 11.9 Å². The van der Waals surface area contributed by atoms with Crippen LogP contribution < -0.4 is 5.32 Å². The summed E-state index contributed by atoms with van der Waals surface area (Å²) < 4.78 is 0. The van der Waals surface area contributed by atoms with Crippen LogP contribution in [0.4, 0.5) is 5.82 Å². The van der Waals surface area contributed by atoms with Crippen LogP contribution in [0, 0.1) is 17.2 Å². The van der Waals surface area contributed by atoms with Gasteiger partial charge in [0.1, 0.15) is 5.82 Å². The standard InChI is InChI=1S/C11H15N3O/c1-8(7-15)9(2)14-11-5-10(6-12)3-4-13-11/h3-5,8-9,15H,7H2,1-2H3,(H,13,14). The zero-order valence-electron chi connectivity index (χ0n) is 8.94. The molecule has 2 atom stereocenters. The number of hydrogen-bond donors (Lipinski definition) is 2. The molecule has 0 fully saturated rings. The molecule has 0 aromatic carbocycles. The van der Waals surface area contributed by atoms with Crippen LogP contribution in [0.2, 0.25) is 0 Å². The monoisotopic (exact) mass is 205 g/mol. The minimum Gasteiger partial charge on any atom is -0.396 e. The topological polar surface area (TPSA) is 68.9 Å². The number of aliphatic hydroxyl groups is 1. The highest BCUT2D eigenvalue weighted by Crippen LogP contribution is 2.11. The number of aliphatic hydroxyl groups excluding tert-OH is 1. The van der Waals surface area contributed by atoms with E-state index in [1.807, 2.05) is 13.8 Å². The number of anilines is 1. The van der Waals surface area contributed by atoms with Crippen LogP contribution in [0.5, 0.6) is 0 Å². The molecule has 1 heterocycles. The van der Waals surface area contributed by atoms with Crippen molar-refractivity contribution in [1.82, 2.24) is 4.98 Å². The Balaban J connectivity index is 2.68. The van der Waals surface area contributed by atoms with E-state index in [0.717, 1.165) is 0 Å². The van der Waals surface area contributed by atoms with Gasteiger partial charge in [-0.25, -0.2) is 4.98 Å². The fourth-order valence-electron chi connectivity index (χ4n) is 1.11. The summed E-state index contributed by atoms with van der Waals surface area (Å²) in [6.45, 7) is 4.06. The molecule has 1 rings (SSSR count). The van der Waals surface area contributed by atoms with Crippen LogP contribution in [0.1, 0.15) is 19.4 Å². The van der Waals surface area contributed by atoms with Crippen molar-refractivity contribution in [2.45, 2.75) is 19.9 Å². The van der Waals surface area contributed by atoms with Gasteiger partial charge in [-0.05, 0) is 25.0 Å². The molecule has 4 heteroatoms. The van der Waals surface area contributed by atoms with E-state index >= 15 is 0 Å². The van der Waals surface area contributed by atoms with Gasteiger partial charge in [0.2, 0.25) is 0 Å². The van der Waals surface area contributed by atoms with E-state index < -0.39 is 0 Å². The molecular formula is C11H15N3O.